The molecule has 12 aliphatic rings. The maximum absolute atomic E-state index is 13.8. The molecular formula is C79H132N4O58. The molecule has 62 nitrogen and oxygen atoms in total. The van der Waals surface area contributed by atoms with Crippen LogP contribution in [0.4, 0.5) is 0 Å². The molecule has 0 unspecified atom stereocenters. The molecule has 0 bridgehead atoms. The average Bonchev–Trinajstić information content (AvgIpc) is 0.765. The molecule has 35 N–H and O–H groups in total. The quantitative estimate of drug-likeness (QED) is 0.0280. The number of carbonyl (C=O) groups excluding carboxylic acids is 4. The van der Waals surface area contributed by atoms with E-state index in [1.807, 2.05) is 0 Å². The standard InChI is InChI=1S/C79H132N4O58/c1-17-37(96)48(107)55(114)72(122-17)120-16-32-62(63(36(68(118)124-32)83-22(6)94)137-74-56(115)49(108)38(97)18(2)123-74)136-69-33(80-19(3)91)47(106)61(30(13-90)129-69)135-79-67(141-73-54(113)39(98)23(95)14-119-73)64(138-78-66(53(112)43(102)27(10-87)128-78)140-71-35(82-21(5)93)46(105)60(29(12-89)131-71)134-76-58(117)51(110)41(100)25(8-85)126-76)44(103)31(132-79)15-121-77-65(52(111)42(101)26(9-86)127-77)139-70-34(81-20(4)92)45(104)59(28(11-88)130-70)133-75-57(116)50(109)40(99)24(7-84)125-75/h17-18,23-79,84-90,95-118H,7-16H2,1-6H3,(H,80,91)(H,81,92)(H,82,93)(H,83,94)/t17-,18-,23+,24+,25+,26+,27+,28+,29+,30+,31+,32+,33+,34+,35+,36+,37+,38+,39-,40-,41-,42+,43+,44+,45+,46+,47+,48+,49+,50-,51-,52-,53-,54+,55-,56-,57+,58+,59+,60+,61+,62+,63+,64-,65-,66-,67-,68+,69-,70-,71-,72+,73-,74-,75-,76-,77-,78+,79-/m0/s1. The molecule has 0 spiro atoms. The molecule has 0 aromatic heterocycles. The van der Waals surface area contributed by atoms with Crippen molar-refractivity contribution in [3.8, 4) is 0 Å². The fourth-order valence-electron chi connectivity index (χ4n) is 18.4. The zero-order valence-electron chi connectivity index (χ0n) is 76.0. The molecule has 12 aliphatic heterocycles. The number of carbonyl (C=O) groups is 4. The normalized spacial score (nSPS) is 50.7. The van der Waals surface area contributed by atoms with Crippen LogP contribution in [0.2, 0.25) is 0 Å². The van der Waals surface area contributed by atoms with E-state index in [0.29, 0.717) is 0 Å². The fraction of sp³-hybridized carbons (Fsp3) is 0.949. The minimum absolute atomic E-state index is 0.864. The van der Waals surface area contributed by atoms with Gasteiger partial charge in [0.05, 0.1) is 78.3 Å². The lowest BCUT2D eigenvalue weighted by molar-refractivity contribution is -0.413. The van der Waals surface area contributed by atoms with Crippen LogP contribution in [0.5, 0.6) is 0 Å². The van der Waals surface area contributed by atoms with Crippen LogP contribution in [0.25, 0.3) is 0 Å². The first-order valence-corrected chi connectivity index (χ1v) is 45.3. The van der Waals surface area contributed by atoms with Gasteiger partial charge in [-0.25, -0.2) is 0 Å². The van der Waals surface area contributed by atoms with Crippen molar-refractivity contribution >= 4 is 23.6 Å². The molecule has 4 amide bonds. The first-order valence-electron chi connectivity index (χ1n) is 45.3. The van der Waals surface area contributed by atoms with Crippen molar-refractivity contribution in [1.29, 1.82) is 0 Å². The minimum Gasteiger partial charge on any atom is -0.394 e. The van der Waals surface area contributed by atoms with Crippen molar-refractivity contribution in [1.82, 2.24) is 21.3 Å². The third-order valence-corrected chi connectivity index (χ3v) is 26.2. The van der Waals surface area contributed by atoms with Gasteiger partial charge in [0.25, 0.3) is 0 Å². The predicted molar refractivity (Wildman–Crippen MR) is 433 cm³/mol. The topological polar surface area (TPSA) is 956 Å². The van der Waals surface area contributed by atoms with E-state index in [9.17, 15) is 177 Å². The van der Waals surface area contributed by atoms with Gasteiger partial charge in [0.1, 0.15) is 274 Å². The molecule has 0 aromatic carbocycles. The summed E-state index contributed by atoms with van der Waals surface area (Å²) in [5.74, 6) is -4.07. The molecule has 816 valence electrons. The van der Waals surface area contributed by atoms with Gasteiger partial charge >= 0.3 is 0 Å². The third kappa shape index (κ3) is 25.5. The Kier molecular flexibility index (Phi) is 41.0. The largest absolute Gasteiger partial charge is 0.394 e. The second kappa shape index (κ2) is 50.1. The van der Waals surface area contributed by atoms with E-state index < -0.39 is 452 Å². The summed E-state index contributed by atoms with van der Waals surface area (Å²) in [5.41, 5.74) is 0. The van der Waals surface area contributed by atoms with Gasteiger partial charge < -0.3 is 289 Å². The number of aliphatic hydroxyl groups excluding tert-OH is 31. The second-order valence-electron chi connectivity index (χ2n) is 36.1. The Morgan fingerprint density at radius 1 is 0.227 bits per heavy atom. The smallest absolute Gasteiger partial charge is 0.217 e. The van der Waals surface area contributed by atoms with E-state index >= 15 is 0 Å². The maximum Gasteiger partial charge on any atom is 0.217 e. The van der Waals surface area contributed by atoms with E-state index in [1.165, 1.54) is 13.8 Å². The van der Waals surface area contributed by atoms with Gasteiger partial charge in [0.15, 0.2) is 75.5 Å². The number of hydrogen-bond donors (Lipinski definition) is 35. The summed E-state index contributed by atoms with van der Waals surface area (Å²) in [6, 6.07) is -8.24. The summed E-state index contributed by atoms with van der Waals surface area (Å²) in [4.78, 5) is 53.4. The van der Waals surface area contributed by atoms with Crippen molar-refractivity contribution in [3.63, 3.8) is 0 Å². The zero-order chi connectivity index (χ0) is 104. The number of amides is 4. The highest BCUT2D eigenvalue weighted by molar-refractivity contribution is 5.74. The molecule has 0 aromatic rings. The van der Waals surface area contributed by atoms with E-state index in [-0.39, 0.29) is 0 Å². The van der Waals surface area contributed by atoms with E-state index in [1.54, 1.807) is 0 Å². The van der Waals surface area contributed by atoms with E-state index in [4.69, 9.17) is 109 Å². The van der Waals surface area contributed by atoms with Crippen LogP contribution in [0.15, 0.2) is 0 Å². The van der Waals surface area contributed by atoms with E-state index in [2.05, 4.69) is 21.3 Å². The molecule has 0 aliphatic carbocycles. The van der Waals surface area contributed by atoms with Gasteiger partial charge in [0.2, 0.25) is 23.6 Å². The summed E-state index contributed by atoms with van der Waals surface area (Å²) in [6.45, 7) is -5.55. The lowest BCUT2D eigenvalue weighted by Gasteiger charge is -2.52. The number of hydrogen-bond acceptors (Lipinski definition) is 58. The predicted octanol–water partition coefficient (Wildman–Crippen LogP) is -23.9. The summed E-state index contributed by atoms with van der Waals surface area (Å²) >= 11 is 0. The number of ether oxygens (including phenoxy) is 23. The summed E-state index contributed by atoms with van der Waals surface area (Å²) in [6.07, 6.45) is -119. The molecule has 12 heterocycles. The summed E-state index contributed by atoms with van der Waals surface area (Å²) < 4.78 is 140. The first kappa shape index (κ1) is 115. The molecule has 62 heteroatoms. The van der Waals surface area contributed by atoms with Crippen LogP contribution >= 0.6 is 0 Å². The monoisotopic (exact) mass is 2060 g/mol. The van der Waals surface area contributed by atoms with E-state index in [0.717, 1.165) is 27.7 Å². The molecular weight excluding hydrogens is 1930 g/mol. The third-order valence-electron chi connectivity index (χ3n) is 26.2. The summed E-state index contributed by atoms with van der Waals surface area (Å²) in [5, 5.41) is 360. The molecule has 0 saturated carbocycles. The van der Waals surface area contributed by atoms with Crippen molar-refractivity contribution in [3.05, 3.63) is 0 Å². The van der Waals surface area contributed by atoms with Crippen molar-refractivity contribution in [2.24, 2.45) is 0 Å². The second-order valence-corrected chi connectivity index (χ2v) is 36.1. The molecule has 59 atom stereocenters. The van der Waals surface area contributed by atoms with Crippen molar-refractivity contribution in [2.75, 3.05) is 66.1 Å². The highest BCUT2D eigenvalue weighted by Crippen LogP contribution is 2.43. The zero-order valence-corrected chi connectivity index (χ0v) is 76.0. The lowest BCUT2D eigenvalue weighted by Crippen LogP contribution is -2.72. The van der Waals surface area contributed by atoms with Crippen LogP contribution in [0.1, 0.15) is 41.5 Å². The molecule has 12 fully saturated rings. The number of rotatable bonds is 35. The van der Waals surface area contributed by atoms with Crippen molar-refractivity contribution < 1.29 is 286 Å². The molecule has 0 radical (unpaired) electrons. The Hall–Kier alpha value is -4.28. The molecule has 12 rings (SSSR count). The minimum atomic E-state index is -2.71. The van der Waals surface area contributed by atoms with Gasteiger partial charge in [-0.05, 0) is 13.8 Å². The number of nitrogens with one attached hydrogen (secondary N) is 4. The van der Waals surface area contributed by atoms with Crippen LogP contribution < -0.4 is 21.3 Å². The lowest BCUT2D eigenvalue weighted by atomic mass is 9.93. The highest BCUT2D eigenvalue weighted by Gasteiger charge is 2.64. The number of aliphatic hydroxyl groups is 31. The fourth-order valence-corrected chi connectivity index (χ4v) is 18.4. The van der Waals surface area contributed by atoms with Gasteiger partial charge in [0, 0.05) is 27.7 Å². The van der Waals surface area contributed by atoms with Crippen LogP contribution in [-0.4, -0.2) is 610 Å². The Morgan fingerprint density at radius 3 is 0.929 bits per heavy atom. The Labute approximate surface area is 798 Å². The van der Waals surface area contributed by atoms with Gasteiger partial charge in [-0.15, -0.1) is 0 Å². The molecule has 141 heavy (non-hydrogen) atoms. The molecule has 12 saturated heterocycles. The van der Waals surface area contributed by atoms with Crippen LogP contribution in [0.3, 0.4) is 0 Å². The SMILES string of the molecule is CC(=O)N[C@@H]1[C@@H](O[C@@H]2O[C@@H](C)[C@@H](O)[C@@H](O)[C@@H]2O)[C@H](O[C@@H]2O[C@H](CO)[C@@H](O[C@@H]3O[C@H](CO[C@H]4O[C@H](CO)[C@@H](O)[C@H](O)[C@@H]4O[C@@H]4O[C@H](CO)[C@@H](O[C@@H]5O[C@H](CO)[C@H](O)[C@H](O)[C@H]5O)[C@H](O)[C@H]4NC(C)=O)[C@@H](O)[C@H](O[C@H]4O[C@H](CO)[C@@H](O)[C@H](O)[C@@H]4O[C@@H]4O[C@H](CO)[C@@H](O[C@@H]5O[C@H](CO)[C@H](O)[C@H](O)[C@H]5O)[C@H](O)[C@H]4NC(C)=O)[C@@H]3O[C@@H]3OC[C@@H](O)[C@H](O)[C@H]3O)[C@H](O)[C@H]2NC(C)=O)[C@@H](CO[C@@H]2O[C@@H](C)[C@@H](O)[C@@H](O)[C@@H]2O)O[C@H]1O. The van der Waals surface area contributed by atoms with Gasteiger partial charge in [-0.1, -0.05) is 0 Å². The van der Waals surface area contributed by atoms with Crippen molar-refractivity contribution in [2.45, 2.75) is 404 Å². The summed E-state index contributed by atoms with van der Waals surface area (Å²) in [7, 11) is 0. The Bertz CT molecular complexity index is 3900. The van der Waals surface area contributed by atoms with Gasteiger partial charge in [-0.3, -0.25) is 19.2 Å². The highest BCUT2D eigenvalue weighted by atomic mass is 16.8. The van der Waals surface area contributed by atoms with Crippen LogP contribution in [0, 0.1) is 0 Å². The van der Waals surface area contributed by atoms with Crippen LogP contribution in [-0.2, 0) is 128 Å². The maximum atomic E-state index is 13.8. The first-order chi connectivity index (χ1) is 66.6. The van der Waals surface area contributed by atoms with Gasteiger partial charge in [-0.2, -0.15) is 0 Å². The Morgan fingerprint density at radius 2 is 0.511 bits per heavy atom. The average molecular weight is 2070 g/mol. The Balaban J connectivity index is 0.948.